The first-order valence-corrected chi connectivity index (χ1v) is 12.2. The number of hydrogen-bond donors (Lipinski definition) is 3. The molecule has 194 valence electrons. The molecule has 1 heterocycles. The van der Waals surface area contributed by atoms with Crippen molar-refractivity contribution in [2.24, 2.45) is 5.92 Å². The smallest absolute Gasteiger partial charge is 0.255 e. The Kier molecular flexibility index (Phi) is 11.0. The second kappa shape index (κ2) is 13.7. The van der Waals surface area contributed by atoms with Gasteiger partial charge in [-0.05, 0) is 31.1 Å². The fraction of sp³-hybridized carbons (Fsp3) is 0.600. The van der Waals surface area contributed by atoms with E-state index in [-0.39, 0.29) is 37.0 Å². The van der Waals surface area contributed by atoms with Crippen molar-refractivity contribution in [3.05, 3.63) is 29.8 Å². The average molecular weight is 490 g/mol. The Balaban J connectivity index is 2.29. The minimum absolute atomic E-state index is 0.167. The summed E-state index contributed by atoms with van der Waals surface area (Å²) in [5.74, 6) is -1.54. The third-order valence-electron chi connectivity index (χ3n) is 6.07. The zero-order chi connectivity index (χ0) is 26.0. The van der Waals surface area contributed by atoms with Gasteiger partial charge in [0.1, 0.15) is 24.4 Å². The molecule has 0 aromatic heterocycles. The van der Waals surface area contributed by atoms with Crippen molar-refractivity contribution < 1.29 is 23.9 Å². The summed E-state index contributed by atoms with van der Waals surface area (Å²) >= 11 is 0. The van der Waals surface area contributed by atoms with Crippen LogP contribution in [0.25, 0.3) is 0 Å². The first-order valence-electron chi connectivity index (χ1n) is 12.2. The maximum absolute atomic E-state index is 13.1. The van der Waals surface area contributed by atoms with E-state index in [9.17, 15) is 19.2 Å². The molecule has 0 bridgehead atoms. The number of nitrogens with one attached hydrogen (secondary N) is 3. The predicted octanol–water partition coefficient (Wildman–Crippen LogP) is 0.625. The highest BCUT2D eigenvalue weighted by atomic mass is 16.5. The Labute approximate surface area is 207 Å². The van der Waals surface area contributed by atoms with Gasteiger partial charge in [0.25, 0.3) is 5.91 Å². The van der Waals surface area contributed by atoms with Gasteiger partial charge in [-0.2, -0.15) is 0 Å². The van der Waals surface area contributed by atoms with Gasteiger partial charge in [-0.15, -0.1) is 0 Å². The van der Waals surface area contributed by atoms with Gasteiger partial charge in [-0.1, -0.05) is 39.8 Å². The molecule has 1 aromatic carbocycles. The van der Waals surface area contributed by atoms with E-state index in [1.54, 1.807) is 31.3 Å². The highest BCUT2D eigenvalue weighted by molar-refractivity contribution is 6.01. The molecule has 0 unspecified atom stereocenters. The van der Waals surface area contributed by atoms with E-state index in [4.69, 9.17) is 4.74 Å². The van der Waals surface area contributed by atoms with E-state index < -0.39 is 29.8 Å². The second-order valence-electron chi connectivity index (χ2n) is 8.94. The van der Waals surface area contributed by atoms with Gasteiger partial charge in [0, 0.05) is 20.1 Å². The predicted molar refractivity (Wildman–Crippen MR) is 133 cm³/mol. The van der Waals surface area contributed by atoms with Crippen molar-refractivity contribution in [2.45, 2.75) is 46.2 Å². The minimum Gasteiger partial charge on any atom is -0.491 e. The van der Waals surface area contributed by atoms with Crippen LogP contribution in [0.15, 0.2) is 24.3 Å². The summed E-state index contributed by atoms with van der Waals surface area (Å²) in [6.45, 7) is 10.9. The summed E-state index contributed by atoms with van der Waals surface area (Å²) in [6, 6.07) is 4.81. The number of likely N-dealkylation sites (N-methyl/N-ethyl adjacent to an activating group) is 2. The average Bonchev–Trinajstić information content (AvgIpc) is 2.83. The Bertz CT molecular complexity index is 887. The summed E-state index contributed by atoms with van der Waals surface area (Å²) in [7, 11) is 1.64. The van der Waals surface area contributed by atoms with Crippen LogP contribution in [-0.2, 0) is 14.4 Å². The van der Waals surface area contributed by atoms with Gasteiger partial charge in [0.15, 0.2) is 0 Å². The van der Waals surface area contributed by atoms with Crippen molar-refractivity contribution in [2.75, 3.05) is 46.4 Å². The van der Waals surface area contributed by atoms with Crippen LogP contribution in [0.5, 0.6) is 5.75 Å². The molecule has 10 heteroatoms. The number of nitrogens with zero attached hydrogens (tertiary/aromatic N) is 2. The van der Waals surface area contributed by atoms with Gasteiger partial charge in [0.05, 0.1) is 18.5 Å². The van der Waals surface area contributed by atoms with E-state index in [2.05, 4.69) is 20.9 Å². The fourth-order valence-corrected chi connectivity index (χ4v) is 3.80. The van der Waals surface area contributed by atoms with Crippen LogP contribution in [0, 0.1) is 5.92 Å². The van der Waals surface area contributed by atoms with E-state index >= 15 is 0 Å². The van der Waals surface area contributed by atoms with E-state index in [1.165, 1.54) is 4.90 Å². The lowest BCUT2D eigenvalue weighted by atomic mass is 10.0. The molecule has 1 aliphatic heterocycles. The van der Waals surface area contributed by atoms with Crippen molar-refractivity contribution >= 4 is 23.6 Å². The molecule has 0 fully saturated rings. The third kappa shape index (κ3) is 8.24. The van der Waals surface area contributed by atoms with Crippen LogP contribution >= 0.6 is 0 Å². The number of ether oxygens (including phenoxy) is 1. The van der Waals surface area contributed by atoms with Gasteiger partial charge < -0.3 is 30.5 Å². The highest BCUT2D eigenvalue weighted by Gasteiger charge is 2.31. The van der Waals surface area contributed by atoms with Crippen LogP contribution in [0.2, 0.25) is 0 Å². The van der Waals surface area contributed by atoms with Crippen LogP contribution < -0.4 is 20.7 Å². The van der Waals surface area contributed by atoms with Crippen LogP contribution in [0.4, 0.5) is 0 Å². The van der Waals surface area contributed by atoms with Crippen molar-refractivity contribution in [1.29, 1.82) is 0 Å². The zero-order valence-electron chi connectivity index (χ0n) is 21.4. The number of carbonyl (C=O) groups excluding carboxylic acids is 4. The molecule has 4 amide bonds. The lowest BCUT2D eigenvalue weighted by molar-refractivity contribution is -0.137. The zero-order valence-corrected chi connectivity index (χ0v) is 21.4. The lowest BCUT2D eigenvalue weighted by Gasteiger charge is -2.28. The molecule has 2 rings (SSSR count). The third-order valence-corrected chi connectivity index (χ3v) is 6.07. The van der Waals surface area contributed by atoms with Crippen molar-refractivity contribution in [3.63, 3.8) is 0 Å². The Morgan fingerprint density at radius 2 is 1.86 bits per heavy atom. The number of amides is 4. The standard InChI is InChI=1S/C25H39N5O5/c1-6-30(7-2)13-12-26-24(33)19-16-21(31)28-22(17(3)4)25(34)29(5)14-15-35-20-11-9-8-10-18(20)23(32)27-19/h8-11,17,19,22H,6-7,12-16H2,1-5H3,(H,26,33)(H,27,32)(H,28,31)/t19-,22-/m0/s1. The molecule has 0 saturated heterocycles. The molecular formula is C25H39N5O5. The largest absolute Gasteiger partial charge is 0.491 e. The summed E-state index contributed by atoms with van der Waals surface area (Å²) in [6.07, 6.45) is -0.300. The minimum atomic E-state index is -1.11. The molecule has 0 saturated carbocycles. The number of para-hydroxylation sites is 1. The summed E-state index contributed by atoms with van der Waals surface area (Å²) in [5, 5.41) is 8.26. The summed E-state index contributed by atoms with van der Waals surface area (Å²) in [5.41, 5.74) is 0.250. The molecular weight excluding hydrogens is 450 g/mol. The van der Waals surface area contributed by atoms with Gasteiger partial charge >= 0.3 is 0 Å². The van der Waals surface area contributed by atoms with Crippen LogP contribution in [0.3, 0.4) is 0 Å². The van der Waals surface area contributed by atoms with Crippen molar-refractivity contribution in [1.82, 2.24) is 25.8 Å². The second-order valence-corrected chi connectivity index (χ2v) is 8.94. The Hall–Kier alpha value is -3.14. The number of fused-ring (bicyclic) bond motifs is 1. The molecule has 1 aliphatic rings. The topological polar surface area (TPSA) is 120 Å². The van der Waals surface area contributed by atoms with Crippen molar-refractivity contribution in [3.8, 4) is 5.75 Å². The SMILES string of the molecule is CCN(CC)CCNC(=O)[C@@H]1CC(=O)N[C@@H](C(C)C)C(=O)N(C)CCOc2ccccc2C(=O)N1. The van der Waals surface area contributed by atoms with E-state index in [0.717, 1.165) is 13.1 Å². The maximum Gasteiger partial charge on any atom is 0.255 e. The molecule has 0 radical (unpaired) electrons. The maximum atomic E-state index is 13.1. The molecule has 3 N–H and O–H groups in total. The number of rotatable bonds is 7. The molecule has 10 nitrogen and oxygen atoms in total. The molecule has 1 aromatic rings. The number of benzene rings is 1. The van der Waals surface area contributed by atoms with Crippen LogP contribution in [0.1, 0.15) is 44.5 Å². The normalized spacial score (nSPS) is 20.0. The van der Waals surface area contributed by atoms with E-state index in [0.29, 0.717) is 18.8 Å². The first-order chi connectivity index (χ1) is 16.7. The molecule has 0 aliphatic carbocycles. The first kappa shape index (κ1) is 28.1. The molecule has 2 atom stereocenters. The highest BCUT2D eigenvalue weighted by Crippen LogP contribution is 2.19. The number of hydrogen-bond acceptors (Lipinski definition) is 6. The molecule has 35 heavy (non-hydrogen) atoms. The Morgan fingerprint density at radius 3 is 2.51 bits per heavy atom. The summed E-state index contributed by atoms with van der Waals surface area (Å²) < 4.78 is 5.80. The fourth-order valence-electron chi connectivity index (χ4n) is 3.80. The number of carbonyl (C=O) groups is 4. The lowest BCUT2D eigenvalue weighted by Crippen LogP contribution is -2.54. The van der Waals surface area contributed by atoms with Gasteiger partial charge in [-0.3, -0.25) is 19.2 Å². The summed E-state index contributed by atoms with van der Waals surface area (Å²) in [4.78, 5) is 55.6. The monoisotopic (exact) mass is 489 g/mol. The van der Waals surface area contributed by atoms with E-state index in [1.807, 2.05) is 27.7 Å². The Morgan fingerprint density at radius 1 is 1.17 bits per heavy atom. The van der Waals surface area contributed by atoms with Gasteiger partial charge in [0.2, 0.25) is 17.7 Å². The van der Waals surface area contributed by atoms with Gasteiger partial charge in [-0.25, -0.2) is 0 Å². The van der Waals surface area contributed by atoms with Crippen LogP contribution in [-0.4, -0.2) is 91.9 Å². The molecule has 0 spiro atoms. The quantitative estimate of drug-likeness (QED) is 0.517.